The molecule has 0 amide bonds. The number of hydrogen-bond donors (Lipinski definition) is 2. The molecule has 21 heavy (non-hydrogen) atoms. The Hall–Kier alpha value is -2.27. The average Bonchev–Trinajstić information content (AvgIpc) is 2.48. The highest BCUT2D eigenvalue weighted by atomic mass is 32.2. The van der Waals surface area contributed by atoms with Gasteiger partial charge in [-0.15, -0.1) is 11.8 Å². The summed E-state index contributed by atoms with van der Waals surface area (Å²) in [6.07, 6.45) is 0. The van der Waals surface area contributed by atoms with E-state index in [4.69, 9.17) is 0 Å². The third-order valence-electron chi connectivity index (χ3n) is 3.20. The summed E-state index contributed by atoms with van der Waals surface area (Å²) in [6, 6.07) is 12.6. The number of aromatic hydroxyl groups is 1. The van der Waals surface area contributed by atoms with E-state index in [2.05, 4.69) is 9.97 Å². The minimum atomic E-state index is -0.106. The summed E-state index contributed by atoms with van der Waals surface area (Å²) in [7, 11) is 0. The number of phenolic OH excluding ortho intramolecular Hbond substituents is 1. The first-order chi connectivity index (χ1) is 10.1. The van der Waals surface area contributed by atoms with Crippen LogP contribution in [0.1, 0.15) is 11.4 Å². The Morgan fingerprint density at radius 1 is 1.19 bits per heavy atom. The van der Waals surface area contributed by atoms with Crippen LogP contribution in [-0.4, -0.2) is 15.1 Å². The molecule has 0 spiro atoms. The fraction of sp³-hybridized carbons (Fsp3) is 0.125. The maximum Gasteiger partial charge on any atom is 0.258 e. The number of H-pyrrole nitrogens is 1. The van der Waals surface area contributed by atoms with Crippen molar-refractivity contribution in [2.24, 2.45) is 0 Å². The van der Waals surface area contributed by atoms with Crippen molar-refractivity contribution >= 4 is 22.7 Å². The number of aryl methyl sites for hydroxylation is 1. The van der Waals surface area contributed by atoms with Gasteiger partial charge in [-0.25, -0.2) is 4.98 Å². The highest BCUT2D eigenvalue weighted by molar-refractivity contribution is 7.98. The molecule has 1 heterocycles. The molecule has 0 atom stereocenters. The van der Waals surface area contributed by atoms with Gasteiger partial charge in [0.1, 0.15) is 11.6 Å². The molecule has 0 saturated carbocycles. The lowest BCUT2D eigenvalue weighted by atomic mass is 10.1. The predicted molar refractivity (Wildman–Crippen MR) is 84.8 cm³/mol. The molecule has 0 aliphatic rings. The lowest BCUT2D eigenvalue weighted by Crippen LogP contribution is -2.11. The van der Waals surface area contributed by atoms with E-state index in [0.29, 0.717) is 17.0 Å². The Morgan fingerprint density at radius 3 is 2.71 bits per heavy atom. The Kier molecular flexibility index (Phi) is 3.66. The van der Waals surface area contributed by atoms with E-state index in [1.54, 1.807) is 30.0 Å². The van der Waals surface area contributed by atoms with Crippen molar-refractivity contribution in [3.63, 3.8) is 0 Å². The third-order valence-corrected chi connectivity index (χ3v) is 4.22. The molecule has 106 valence electrons. The number of fused-ring (bicyclic) bond motifs is 1. The lowest BCUT2D eigenvalue weighted by Gasteiger charge is -2.05. The molecule has 3 rings (SSSR count). The van der Waals surface area contributed by atoms with Gasteiger partial charge in [-0.3, -0.25) is 4.79 Å². The van der Waals surface area contributed by atoms with E-state index >= 15 is 0 Å². The van der Waals surface area contributed by atoms with Crippen molar-refractivity contribution in [1.82, 2.24) is 9.97 Å². The molecule has 0 aliphatic heterocycles. The number of aromatic amines is 1. The zero-order chi connectivity index (χ0) is 14.8. The van der Waals surface area contributed by atoms with Crippen molar-refractivity contribution in [1.29, 1.82) is 0 Å². The maximum absolute atomic E-state index is 12.1. The van der Waals surface area contributed by atoms with Crippen molar-refractivity contribution in [3.8, 4) is 5.75 Å². The largest absolute Gasteiger partial charge is 0.508 e. The van der Waals surface area contributed by atoms with Gasteiger partial charge >= 0.3 is 0 Å². The van der Waals surface area contributed by atoms with Crippen LogP contribution >= 0.6 is 11.8 Å². The van der Waals surface area contributed by atoms with Crippen molar-refractivity contribution < 1.29 is 5.11 Å². The van der Waals surface area contributed by atoms with E-state index in [9.17, 15) is 9.90 Å². The van der Waals surface area contributed by atoms with Crippen molar-refractivity contribution in [2.75, 3.05) is 0 Å². The number of para-hydroxylation sites is 1. The van der Waals surface area contributed by atoms with Gasteiger partial charge in [0, 0.05) is 4.90 Å². The Labute approximate surface area is 125 Å². The van der Waals surface area contributed by atoms with Gasteiger partial charge in [0.05, 0.1) is 16.7 Å². The Bertz CT molecular complexity index is 841. The highest BCUT2D eigenvalue weighted by Crippen LogP contribution is 2.23. The highest BCUT2D eigenvalue weighted by Gasteiger charge is 2.06. The molecule has 0 aliphatic carbocycles. The summed E-state index contributed by atoms with van der Waals surface area (Å²) in [5.74, 6) is 1.47. The van der Waals surface area contributed by atoms with Crippen molar-refractivity contribution in [2.45, 2.75) is 17.6 Å². The first-order valence-electron chi connectivity index (χ1n) is 6.54. The Balaban J connectivity index is 1.89. The number of rotatable bonds is 3. The molecule has 0 saturated heterocycles. The fourth-order valence-corrected chi connectivity index (χ4v) is 2.88. The van der Waals surface area contributed by atoms with Crippen LogP contribution in [0.5, 0.6) is 5.75 Å². The van der Waals surface area contributed by atoms with Gasteiger partial charge < -0.3 is 10.1 Å². The topological polar surface area (TPSA) is 66.0 Å². The molecule has 0 fully saturated rings. The van der Waals surface area contributed by atoms with E-state index in [-0.39, 0.29) is 11.3 Å². The second-order valence-corrected chi connectivity index (χ2v) is 5.82. The minimum absolute atomic E-state index is 0.106. The molecule has 0 bridgehead atoms. The van der Waals surface area contributed by atoms with Crippen LogP contribution in [0.2, 0.25) is 0 Å². The lowest BCUT2D eigenvalue weighted by molar-refractivity contribution is 0.475. The second kappa shape index (κ2) is 5.61. The third kappa shape index (κ3) is 2.92. The van der Waals surface area contributed by atoms with Crippen molar-refractivity contribution in [3.05, 3.63) is 64.2 Å². The smallest absolute Gasteiger partial charge is 0.258 e. The molecule has 5 heteroatoms. The summed E-state index contributed by atoms with van der Waals surface area (Å²) in [5.41, 5.74) is 1.64. The number of nitrogens with one attached hydrogen (secondary N) is 1. The van der Waals surface area contributed by atoms with Crippen LogP contribution in [0, 0.1) is 6.92 Å². The average molecular weight is 298 g/mol. The van der Waals surface area contributed by atoms with E-state index in [1.165, 1.54) is 0 Å². The Morgan fingerprint density at radius 2 is 1.95 bits per heavy atom. The van der Waals surface area contributed by atoms with Gasteiger partial charge in [0.15, 0.2) is 0 Å². The first-order valence-corrected chi connectivity index (χ1v) is 7.52. The van der Waals surface area contributed by atoms with Crippen LogP contribution in [0.15, 0.2) is 52.2 Å². The first kappa shape index (κ1) is 13.7. The molecule has 0 radical (unpaired) electrons. The van der Waals surface area contributed by atoms with Gasteiger partial charge in [-0.2, -0.15) is 0 Å². The molecular formula is C16H14N2O2S. The van der Waals surface area contributed by atoms with Crippen LogP contribution < -0.4 is 5.56 Å². The van der Waals surface area contributed by atoms with Gasteiger partial charge in [-0.1, -0.05) is 12.1 Å². The summed E-state index contributed by atoms with van der Waals surface area (Å²) < 4.78 is 0. The molecule has 3 aromatic rings. The number of phenols is 1. The zero-order valence-corrected chi connectivity index (χ0v) is 12.3. The standard InChI is InChI=1S/C16H14N2O2S/c1-10-3-2-4-13-15(10)17-14(18-16(13)20)9-21-12-7-5-11(19)6-8-12/h2-8,19H,9H2,1H3,(H,17,18,20). The predicted octanol–water partition coefficient (Wildman–Crippen LogP) is 3.23. The molecule has 1 aromatic heterocycles. The normalized spacial score (nSPS) is 10.9. The quantitative estimate of drug-likeness (QED) is 0.729. The number of thioether (sulfide) groups is 1. The van der Waals surface area contributed by atoms with Gasteiger partial charge in [0.2, 0.25) is 0 Å². The number of aromatic nitrogens is 2. The van der Waals surface area contributed by atoms with Crippen LogP contribution in [0.3, 0.4) is 0 Å². The summed E-state index contributed by atoms with van der Waals surface area (Å²) in [6.45, 7) is 1.95. The van der Waals surface area contributed by atoms with E-state index in [1.807, 2.05) is 31.2 Å². The van der Waals surface area contributed by atoms with Gasteiger partial charge in [0.25, 0.3) is 5.56 Å². The second-order valence-electron chi connectivity index (χ2n) is 4.77. The van der Waals surface area contributed by atoms with E-state index < -0.39 is 0 Å². The minimum Gasteiger partial charge on any atom is -0.508 e. The number of benzene rings is 2. The van der Waals surface area contributed by atoms with Crippen LogP contribution in [0.25, 0.3) is 10.9 Å². The number of nitrogens with zero attached hydrogens (tertiary/aromatic N) is 1. The summed E-state index contributed by atoms with van der Waals surface area (Å²) in [4.78, 5) is 20.4. The van der Waals surface area contributed by atoms with Crippen LogP contribution in [-0.2, 0) is 5.75 Å². The summed E-state index contributed by atoms with van der Waals surface area (Å²) in [5, 5.41) is 9.88. The van der Waals surface area contributed by atoms with Gasteiger partial charge in [-0.05, 0) is 42.8 Å². The van der Waals surface area contributed by atoms with E-state index in [0.717, 1.165) is 16.0 Å². The molecule has 2 aromatic carbocycles. The monoisotopic (exact) mass is 298 g/mol. The zero-order valence-electron chi connectivity index (χ0n) is 11.5. The fourth-order valence-electron chi connectivity index (χ4n) is 2.11. The maximum atomic E-state index is 12.1. The molecular weight excluding hydrogens is 284 g/mol. The molecule has 2 N–H and O–H groups in total. The number of hydrogen-bond acceptors (Lipinski definition) is 4. The molecule has 4 nitrogen and oxygen atoms in total. The molecule has 0 unspecified atom stereocenters. The summed E-state index contributed by atoms with van der Waals surface area (Å²) >= 11 is 1.56. The SMILES string of the molecule is Cc1cccc2c(=O)[nH]c(CSc3ccc(O)cc3)nc12. The van der Waals surface area contributed by atoms with Crippen LogP contribution in [0.4, 0.5) is 0 Å².